The van der Waals surface area contributed by atoms with Crippen LogP contribution in [0.3, 0.4) is 0 Å². The van der Waals surface area contributed by atoms with Gasteiger partial charge in [0.15, 0.2) is 11.5 Å². The fraction of sp³-hybridized carbons (Fsp3) is 0.200. The summed E-state index contributed by atoms with van der Waals surface area (Å²) in [5, 5.41) is 1.23. The van der Waals surface area contributed by atoms with Crippen molar-refractivity contribution in [2.45, 2.75) is 0 Å². The maximum Gasteiger partial charge on any atom is 0.203 e. The first-order chi connectivity index (χ1) is 11.7. The molecule has 0 atom stereocenters. The maximum atomic E-state index is 5.39. The van der Waals surface area contributed by atoms with Crippen LogP contribution in [0.2, 0.25) is 0 Å². The summed E-state index contributed by atoms with van der Waals surface area (Å²) >= 11 is 0. The van der Waals surface area contributed by atoms with E-state index in [4.69, 9.17) is 14.2 Å². The van der Waals surface area contributed by atoms with Gasteiger partial charge in [0, 0.05) is 24.1 Å². The van der Waals surface area contributed by atoms with E-state index in [1.807, 2.05) is 25.3 Å². The average molecular weight is 323 g/mol. The van der Waals surface area contributed by atoms with Crippen LogP contribution in [0.25, 0.3) is 23.1 Å². The molecule has 2 aromatic carbocycles. The Bertz CT molecular complexity index is 868. The van der Waals surface area contributed by atoms with Gasteiger partial charge in [-0.2, -0.15) is 0 Å². The molecule has 0 radical (unpaired) electrons. The lowest BCUT2D eigenvalue weighted by Gasteiger charge is -2.12. The van der Waals surface area contributed by atoms with Gasteiger partial charge in [-0.05, 0) is 41.5 Å². The molecular weight excluding hydrogens is 302 g/mol. The molecule has 0 saturated heterocycles. The van der Waals surface area contributed by atoms with Crippen molar-refractivity contribution in [3.63, 3.8) is 0 Å². The molecule has 0 unspecified atom stereocenters. The van der Waals surface area contributed by atoms with Crippen molar-refractivity contribution in [1.29, 1.82) is 0 Å². The Kier molecular flexibility index (Phi) is 4.47. The number of aromatic nitrogens is 1. The quantitative estimate of drug-likeness (QED) is 0.653. The first kappa shape index (κ1) is 16.0. The molecule has 1 aromatic heterocycles. The van der Waals surface area contributed by atoms with E-state index in [-0.39, 0.29) is 0 Å². The van der Waals surface area contributed by atoms with Gasteiger partial charge in [-0.3, -0.25) is 0 Å². The Morgan fingerprint density at radius 2 is 1.46 bits per heavy atom. The van der Waals surface area contributed by atoms with E-state index >= 15 is 0 Å². The third kappa shape index (κ3) is 2.95. The number of hydrogen-bond acceptors (Lipinski definition) is 3. The minimum Gasteiger partial charge on any atom is -0.493 e. The SMILES string of the molecule is COc1cc(/C=C/c2ccc3c(ccn3C)c2)cc(OC)c1OC. The molecule has 0 aliphatic carbocycles. The van der Waals surface area contributed by atoms with E-state index in [0.717, 1.165) is 11.1 Å². The molecule has 124 valence electrons. The van der Waals surface area contributed by atoms with Crippen LogP contribution >= 0.6 is 0 Å². The molecule has 0 amide bonds. The number of fused-ring (bicyclic) bond motifs is 1. The summed E-state index contributed by atoms with van der Waals surface area (Å²) in [6.45, 7) is 0. The largest absolute Gasteiger partial charge is 0.493 e. The molecule has 1 heterocycles. The van der Waals surface area contributed by atoms with E-state index in [0.29, 0.717) is 17.2 Å². The van der Waals surface area contributed by atoms with Crippen LogP contribution in [0.4, 0.5) is 0 Å². The second kappa shape index (κ2) is 6.71. The Morgan fingerprint density at radius 3 is 2.08 bits per heavy atom. The van der Waals surface area contributed by atoms with Gasteiger partial charge < -0.3 is 18.8 Å². The summed E-state index contributed by atoms with van der Waals surface area (Å²) in [7, 11) is 6.89. The number of hydrogen-bond donors (Lipinski definition) is 0. The fourth-order valence-corrected chi connectivity index (χ4v) is 2.79. The molecular formula is C20H21NO3. The van der Waals surface area contributed by atoms with Crippen LogP contribution in [0.1, 0.15) is 11.1 Å². The number of methoxy groups -OCH3 is 3. The van der Waals surface area contributed by atoms with Gasteiger partial charge in [0.05, 0.1) is 21.3 Å². The predicted octanol–water partition coefficient (Wildman–Crippen LogP) is 4.37. The molecule has 3 rings (SSSR count). The molecule has 0 N–H and O–H groups in total. The van der Waals surface area contributed by atoms with Crippen molar-refractivity contribution in [2.24, 2.45) is 7.05 Å². The highest BCUT2D eigenvalue weighted by Gasteiger charge is 2.11. The van der Waals surface area contributed by atoms with Crippen LogP contribution in [0.15, 0.2) is 42.6 Å². The zero-order valence-electron chi connectivity index (χ0n) is 14.4. The van der Waals surface area contributed by atoms with E-state index in [1.54, 1.807) is 21.3 Å². The van der Waals surface area contributed by atoms with Gasteiger partial charge in [-0.1, -0.05) is 18.2 Å². The summed E-state index contributed by atoms with van der Waals surface area (Å²) in [6.07, 6.45) is 6.18. The van der Waals surface area contributed by atoms with Crippen molar-refractivity contribution in [3.05, 3.63) is 53.7 Å². The lowest BCUT2D eigenvalue weighted by Crippen LogP contribution is -1.95. The molecule has 0 saturated carbocycles. The monoisotopic (exact) mass is 323 g/mol. The highest BCUT2D eigenvalue weighted by Crippen LogP contribution is 2.38. The van der Waals surface area contributed by atoms with Gasteiger partial charge in [0.25, 0.3) is 0 Å². The molecule has 24 heavy (non-hydrogen) atoms. The van der Waals surface area contributed by atoms with Crippen LogP contribution in [0, 0.1) is 0 Å². The fourth-order valence-electron chi connectivity index (χ4n) is 2.79. The second-order valence-corrected chi connectivity index (χ2v) is 5.54. The van der Waals surface area contributed by atoms with E-state index < -0.39 is 0 Å². The highest BCUT2D eigenvalue weighted by molar-refractivity contribution is 5.84. The van der Waals surface area contributed by atoms with Crippen molar-refractivity contribution in [1.82, 2.24) is 4.57 Å². The second-order valence-electron chi connectivity index (χ2n) is 5.54. The average Bonchev–Trinajstić information content (AvgIpc) is 2.99. The van der Waals surface area contributed by atoms with Crippen molar-refractivity contribution < 1.29 is 14.2 Å². The summed E-state index contributed by atoms with van der Waals surface area (Å²) in [5.74, 6) is 1.90. The van der Waals surface area contributed by atoms with Gasteiger partial charge in [-0.15, -0.1) is 0 Å². The van der Waals surface area contributed by atoms with Crippen LogP contribution in [0.5, 0.6) is 17.2 Å². The normalized spacial score (nSPS) is 11.2. The first-order valence-electron chi connectivity index (χ1n) is 7.69. The van der Waals surface area contributed by atoms with E-state index in [2.05, 4.69) is 41.1 Å². The van der Waals surface area contributed by atoms with Crippen molar-refractivity contribution >= 4 is 23.1 Å². The summed E-state index contributed by atoms with van der Waals surface area (Å²) in [4.78, 5) is 0. The Hall–Kier alpha value is -2.88. The van der Waals surface area contributed by atoms with Crippen LogP contribution in [-0.2, 0) is 7.05 Å². The highest BCUT2D eigenvalue weighted by atomic mass is 16.5. The maximum absolute atomic E-state index is 5.39. The molecule has 0 aliphatic heterocycles. The molecule has 3 aromatic rings. The smallest absolute Gasteiger partial charge is 0.203 e. The molecule has 0 aliphatic rings. The van der Waals surface area contributed by atoms with Crippen molar-refractivity contribution in [2.75, 3.05) is 21.3 Å². The standard InChI is InChI=1S/C20H21NO3/c1-21-10-9-16-11-14(7-8-17(16)21)5-6-15-12-18(22-2)20(24-4)19(13-15)23-3/h5-13H,1-4H3/b6-5+. The van der Waals surface area contributed by atoms with Crippen molar-refractivity contribution in [3.8, 4) is 17.2 Å². The zero-order chi connectivity index (χ0) is 17.1. The minimum absolute atomic E-state index is 0.600. The topological polar surface area (TPSA) is 32.6 Å². The van der Waals surface area contributed by atoms with E-state index in [1.165, 1.54) is 10.9 Å². The zero-order valence-corrected chi connectivity index (χ0v) is 14.4. The lowest BCUT2D eigenvalue weighted by atomic mass is 10.1. The van der Waals surface area contributed by atoms with Crippen LogP contribution < -0.4 is 14.2 Å². The summed E-state index contributed by atoms with van der Waals surface area (Å²) in [6, 6.07) is 12.4. The lowest BCUT2D eigenvalue weighted by molar-refractivity contribution is 0.324. The number of rotatable bonds is 5. The number of aryl methyl sites for hydroxylation is 1. The molecule has 4 nitrogen and oxygen atoms in total. The Morgan fingerprint density at radius 1 is 0.792 bits per heavy atom. The number of nitrogens with zero attached hydrogens (tertiary/aromatic N) is 1. The summed E-state index contributed by atoms with van der Waals surface area (Å²) < 4.78 is 18.2. The molecule has 4 heteroatoms. The molecule has 0 spiro atoms. The van der Waals surface area contributed by atoms with Gasteiger partial charge in [-0.25, -0.2) is 0 Å². The third-order valence-corrected chi connectivity index (χ3v) is 4.06. The predicted molar refractivity (Wildman–Crippen MR) is 97.9 cm³/mol. The van der Waals surface area contributed by atoms with E-state index in [9.17, 15) is 0 Å². The molecule has 0 bridgehead atoms. The van der Waals surface area contributed by atoms with Gasteiger partial charge in [0.2, 0.25) is 5.75 Å². The summed E-state index contributed by atoms with van der Waals surface area (Å²) in [5.41, 5.74) is 3.35. The Labute approximate surface area is 141 Å². The Balaban J connectivity index is 1.95. The molecule has 0 fully saturated rings. The van der Waals surface area contributed by atoms with Gasteiger partial charge in [0.1, 0.15) is 0 Å². The first-order valence-corrected chi connectivity index (χ1v) is 7.69. The minimum atomic E-state index is 0.600. The number of benzene rings is 2. The number of ether oxygens (including phenoxy) is 3. The van der Waals surface area contributed by atoms with Crippen LogP contribution in [-0.4, -0.2) is 25.9 Å². The van der Waals surface area contributed by atoms with Gasteiger partial charge >= 0.3 is 0 Å². The third-order valence-electron chi connectivity index (χ3n) is 4.06.